The molecule has 0 heterocycles. The van der Waals surface area contributed by atoms with Crippen LogP contribution in [0.3, 0.4) is 0 Å². The van der Waals surface area contributed by atoms with E-state index in [1.807, 2.05) is 6.92 Å². The molecule has 0 saturated carbocycles. The first-order valence-electron chi connectivity index (χ1n) is 7.30. The highest BCUT2D eigenvalue weighted by atomic mass is 32.2. The van der Waals surface area contributed by atoms with E-state index in [1.54, 1.807) is 12.1 Å². The number of nitrogens with zero attached hydrogens (tertiary/aromatic N) is 3. The molecular formula is C16H16N3O6S-. The highest BCUT2D eigenvalue weighted by Crippen LogP contribution is 2.34. The molecule has 2 aromatic rings. The van der Waals surface area contributed by atoms with Gasteiger partial charge in [0.05, 0.1) is 23.1 Å². The summed E-state index contributed by atoms with van der Waals surface area (Å²) in [6.07, 6.45) is 1.10. The summed E-state index contributed by atoms with van der Waals surface area (Å²) in [7, 11) is -1.43. The minimum absolute atomic E-state index is 0.0567. The molecule has 0 N–H and O–H groups in total. The molecule has 2 aromatic carbocycles. The zero-order valence-electron chi connectivity index (χ0n) is 14.2. The lowest BCUT2D eigenvalue weighted by Gasteiger charge is -2.15. The molecule has 0 aliphatic heterocycles. The van der Waals surface area contributed by atoms with Crippen LogP contribution in [0.2, 0.25) is 0 Å². The zero-order valence-corrected chi connectivity index (χ0v) is 15.1. The van der Waals surface area contributed by atoms with Crippen LogP contribution in [0.5, 0.6) is 11.5 Å². The van der Waals surface area contributed by atoms with Crippen molar-refractivity contribution in [2.75, 3.05) is 14.2 Å². The molecule has 0 aromatic heterocycles. The maximum atomic E-state index is 12.4. The topological polar surface area (TPSA) is 125 Å². The van der Waals surface area contributed by atoms with Gasteiger partial charge < -0.3 is 9.84 Å². The summed E-state index contributed by atoms with van der Waals surface area (Å²) in [5.74, 6) is -1.10. The summed E-state index contributed by atoms with van der Waals surface area (Å²) in [6.45, 7) is 1.83. The van der Waals surface area contributed by atoms with Gasteiger partial charge in [0.15, 0.2) is 0 Å². The van der Waals surface area contributed by atoms with E-state index in [9.17, 15) is 23.6 Å². The second-order valence-corrected chi connectivity index (χ2v) is 7.28. The quantitative estimate of drug-likeness (QED) is 0.427. The molecule has 0 unspecified atom stereocenters. The first kappa shape index (κ1) is 19.2. The Morgan fingerprint density at radius 3 is 2.38 bits per heavy atom. The van der Waals surface area contributed by atoms with Gasteiger partial charge in [-0.05, 0) is 25.1 Å². The van der Waals surface area contributed by atoms with Crippen LogP contribution in [-0.4, -0.2) is 38.1 Å². The number of benzene rings is 2. The van der Waals surface area contributed by atoms with Crippen molar-refractivity contribution in [3.63, 3.8) is 0 Å². The van der Waals surface area contributed by atoms with E-state index in [0.29, 0.717) is 0 Å². The molecule has 0 bridgehead atoms. The first-order valence-corrected chi connectivity index (χ1v) is 8.74. The standard InChI is InChI=1S/C16H17N3O6S/c1-11-4-6-13(7-5-11)26(23,24)18(2)17-10-12-8-14(19(21)22)16(20)15(9-12)25-3/h4-10,20H,1-3H3/p-1/b17-10-. The molecule has 0 radical (unpaired) electrons. The molecule has 0 aliphatic rings. The van der Waals surface area contributed by atoms with Crippen molar-refractivity contribution >= 4 is 21.9 Å². The Labute approximate surface area is 150 Å². The third kappa shape index (κ3) is 3.91. The molecule has 0 fully saturated rings. The van der Waals surface area contributed by atoms with Gasteiger partial charge in [0, 0.05) is 24.4 Å². The van der Waals surface area contributed by atoms with Crippen molar-refractivity contribution in [2.24, 2.45) is 5.10 Å². The molecule has 9 nitrogen and oxygen atoms in total. The van der Waals surface area contributed by atoms with E-state index < -0.39 is 26.4 Å². The lowest BCUT2D eigenvalue weighted by Crippen LogP contribution is -2.21. The Bertz CT molecular complexity index is 955. The molecule has 0 atom stereocenters. The number of rotatable bonds is 6. The Kier molecular flexibility index (Phi) is 5.46. The number of sulfonamides is 1. The molecule has 138 valence electrons. The van der Waals surface area contributed by atoms with Gasteiger partial charge >= 0.3 is 0 Å². The largest absolute Gasteiger partial charge is 0.865 e. The highest BCUT2D eigenvalue weighted by molar-refractivity contribution is 7.89. The number of hydrazone groups is 1. The van der Waals surface area contributed by atoms with Crippen LogP contribution < -0.4 is 9.84 Å². The van der Waals surface area contributed by atoms with Gasteiger partial charge in [-0.3, -0.25) is 10.1 Å². The molecule has 0 amide bonds. The fraction of sp³-hybridized carbons (Fsp3) is 0.188. The highest BCUT2D eigenvalue weighted by Gasteiger charge is 2.19. The van der Waals surface area contributed by atoms with Gasteiger partial charge in [-0.2, -0.15) is 17.9 Å². The molecule has 26 heavy (non-hydrogen) atoms. The number of nitro benzene ring substituents is 1. The van der Waals surface area contributed by atoms with Crippen LogP contribution in [0, 0.1) is 17.0 Å². The summed E-state index contributed by atoms with van der Waals surface area (Å²) in [4.78, 5) is 10.2. The Morgan fingerprint density at radius 1 is 1.23 bits per heavy atom. The molecule has 2 rings (SSSR count). The van der Waals surface area contributed by atoms with Crippen molar-refractivity contribution in [3.05, 3.63) is 57.6 Å². The lowest BCUT2D eigenvalue weighted by molar-refractivity contribution is -0.398. The minimum Gasteiger partial charge on any atom is -0.865 e. The van der Waals surface area contributed by atoms with Gasteiger partial charge in [-0.15, -0.1) is 0 Å². The van der Waals surface area contributed by atoms with Crippen LogP contribution in [0.15, 0.2) is 46.4 Å². The second-order valence-electron chi connectivity index (χ2n) is 5.33. The smallest absolute Gasteiger partial charge is 0.278 e. The number of ether oxygens (including phenoxy) is 1. The predicted octanol–water partition coefficient (Wildman–Crippen LogP) is 1.64. The van der Waals surface area contributed by atoms with Gasteiger partial charge in [0.2, 0.25) is 0 Å². The molecule has 0 spiro atoms. The number of nitro groups is 1. The van der Waals surface area contributed by atoms with Gasteiger partial charge in [-0.25, -0.2) is 0 Å². The Morgan fingerprint density at radius 2 is 1.85 bits per heavy atom. The van der Waals surface area contributed by atoms with E-state index in [2.05, 4.69) is 5.10 Å². The van der Waals surface area contributed by atoms with Gasteiger partial charge in [0.1, 0.15) is 5.75 Å². The Balaban J connectivity index is 2.35. The van der Waals surface area contributed by atoms with Crippen LogP contribution in [-0.2, 0) is 10.0 Å². The van der Waals surface area contributed by atoms with Crippen LogP contribution >= 0.6 is 0 Å². The summed E-state index contributed by atoms with van der Waals surface area (Å²) in [5, 5.41) is 26.5. The van der Waals surface area contributed by atoms with Gasteiger partial charge in [0.25, 0.3) is 15.7 Å². The van der Waals surface area contributed by atoms with Gasteiger partial charge in [-0.1, -0.05) is 17.7 Å². The first-order chi connectivity index (χ1) is 12.2. The average molecular weight is 378 g/mol. The van der Waals surface area contributed by atoms with Crippen molar-refractivity contribution in [2.45, 2.75) is 11.8 Å². The van der Waals surface area contributed by atoms with E-state index in [1.165, 1.54) is 32.4 Å². The number of hydrogen-bond acceptors (Lipinski definition) is 7. The second kappa shape index (κ2) is 7.40. The summed E-state index contributed by atoms with van der Waals surface area (Å²) in [5.41, 5.74) is 0.376. The molecule has 0 saturated heterocycles. The summed E-state index contributed by atoms with van der Waals surface area (Å²) in [6, 6.07) is 8.47. The minimum atomic E-state index is -3.87. The number of methoxy groups -OCH3 is 1. The summed E-state index contributed by atoms with van der Waals surface area (Å²) >= 11 is 0. The van der Waals surface area contributed by atoms with E-state index in [-0.39, 0.29) is 16.2 Å². The Hall–Kier alpha value is -3.14. The number of aryl methyl sites for hydroxylation is 1. The maximum Gasteiger partial charge on any atom is 0.278 e. The zero-order chi connectivity index (χ0) is 19.5. The third-order valence-electron chi connectivity index (χ3n) is 3.51. The van der Waals surface area contributed by atoms with Crippen LogP contribution in [0.25, 0.3) is 0 Å². The van der Waals surface area contributed by atoms with Crippen molar-refractivity contribution < 1.29 is 23.2 Å². The lowest BCUT2D eigenvalue weighted by atomic mass is 10.2. The fourth-order valence-electron chi connectivity index (χ4n) is 2.04. The fourth-order valence-corrected chi connectivity index (χ4v) is 3.00. The molecule has 10 heteroatoms. The van der Waals surface area contributed by atoms with Crippen LogP contribution in [0.4, 0.5) is 5.69 Å². The van der Waals surface area contributed by atoms with E-state index in [0.717, 1.165) is 22.3 Å². The SMILES string of the molecule is COc1cc(/C=N\N(C)S(=O)(=O)c2ccc(C)cc2)cc([N+](=O)[O-])c1[O-]. The van der Waals surface area contributed by atoms with Crippen LogP contribution in [0.1, 0.15) is 11.1 Å². The van der Waals surface area contributed by atoms with Crippen molar-refractivity contribution in [1.82, 2.24) is 4.41 Å². The predicted molar refractivity (Wildman–Crippen MR) is 92.8 cm³/mol. The van der Waals surface area contributed by atoms with E-state index >= 15 is 0 Å². The normalized spacial score (nSPS) is 11.5. The van der Waals surface area contributed by atoms with Crippen molar-refractivity contribution in [3.8, 4) is 11.5 Å². The molecule has 0 aliphatic carbocycles. The monoisotopic (exact) mass is 378 g/mol. The maximum absolute atomic E-state index is 12.4. The summed E-state index contributed by atoms with van der Waals surface area (Å²) < 4.78 is 30.5. The third-order valence-corrected chi connectivity index (χ3v) is 5.17. The number of hydrogen-bond donors (Lipinski definition) is 0. The van der Waals surface area contributed by atoms with Crippen molar-refractivity contribution in [1.29, 1.82) is 0 Å². The molecular weight excluding hydrogens is 362 g/mol. The van der Waals surface area contributed by atoms with E-state index in [4.69, 9.17) is 4.74 Å². The average Bonchev–Trinajstić information content (AvgIpc) is 2.60.